The van der Waals surface area contributed by atoms with Gasteiger partial charge in [-0.15, -0.1) is 0 Å². The van der Waals surface area contributed by atoms with E-state index in [0.717, 1.165) is 56.7 Å². The fourth-order valence-electron chi connectivity index (χ4n) is 4.40. The molecule has 1 atom stereocenters. The Balaban J connectivity index is 1.55. The summed E-state index contributed by atoms with van der Waals surface area (Å²) in [7, 11) is 6.18. The largest absolute Gasteiger partial charge is 0.378 e. The third-order valence-corrected chi connectivity index (χ3v) is 6.55. The number of likely N-dealkylation sites (N-methyl/N-ethyl adjacent to an activating group) is 1. The van der Waals surface area contributed by atoms with E-state index in [0.29, 0.717) is 13.1 Å². The minimum Gasteiger partial charge on any atom is -0.378 e. The quantitative estimate of drug-likeness (QED) is 0.478. The summed E-state index contributed by atoms with van der Waals surface area (Å²) in [5, 5.41) is 5.66. The summed E-state index contributed by atoms with van der Waals surface area (Å²) < 4.78 is 0. The number of benzene rings is 1. The highest BCUT2D eigenvalue weighted by Crippen LogP contribution is 2.24. The van der Waals surface area contributed by atoms with E-state index < -0.39 is 11.8 Å². The second-order valence-electron chi connectivity index (χ2n) is 9.17. The molecule has 0 spiro atoms. The molecule has 1 heterocycles. The molecule has 1 aromatic carbocycles. The number of rotatable bonds is 8. The SMILES string of the molecule is CN1CCN([C@H](CNC(=O)C(=O)NCCC2=CCCCC2)c2ccc(N(C)C)cc2)CC1. The van der Waals surface area contributed by atoms with Crippen molar-refractivity contribution in [1.29, 1.82) is 0 Å². The van der Waals surface area contributed by atoms with Gasteiger partial charge in [-0.1, -0.05) is 23.8 Å². The van der Waals surface area contributed by atoms with Crippen molar-refractivity contribution in [1.82, 2.24) is 20.4 Å². The first-order valence-electron chi connectivity index (χ1n) is 11.9. The summed E-state index contributed by atoms with van der Waals surface area (Å²) >= 11 is 0. The van der Waals surface area contributed by atoms with E-state index in [4.69, 9.17) is 0 Å². The minimum absolute atomic E-state index is 0.0454. The summed E-state index contributed by atoms with van der Waals surface area (Å²) in [6, 6.07) is 8.51. The number of anilines is 1. The molecule has 0 bridgehead atoms. The number of nitrogens with zero attached hydrogens (tertiary/aromatic N) is 3. The van der Waals surface area contributed by atoms with Gasteiger partial charge in [0.2, 0.25) is 0 Å². The van der Waals surface area contributed by atoms with Crippen LogP contribution in [-0.4, -0.2) is 82.0 Å². The molecule has 1 fully saturated rings. The van der Waals surface area contributed by atoms with Gasteiger partial charge in [-0.25, -0.2) is 0 Å². The van der Waals surface area contributed by atoms with E-state index in [1.165, 1.54) is 18.4 Å². The fraction of sp³-hybridized carbons (Fsp3) is 0.600. The van der Waals surface area contributed by atoms with Gasteiger partial charge in [0.25, 0.3) is 0 Å². The second-order valence-corrected chi connectivity index (χ2v) is 9.17. The smallest absolute Gasteiger partial charge is 0.309 e. The molecule has 7 nitrogen and oxygen atoms in total. The predicted molar refractivity (Wildman–Crippen MR) is 130 cm³/mol. The van der Waals surface area contributed by atoms with E-state index in [1.54, 1.807) is 0 Å². The summed E-state index contributed by atoms with van der Waals surface area (Å²) in [4.78, 5) is 31.6. The van der Waals surface area contributed by atoms with Crippen molar-refractivity contribution in [2.45, 2.75) is 38.1 Å². The highest BCUT2D eigenvalue weighted by Gasteiger charge is 2.25. The standard InChI is InChI=1S/C25H39N5O2/c1-28(2)22-11-9-21(10-12-22)23(30-17-15-29(3)16-18-30)19-27-25(32)24(31)26-14-13-20-7-5-4-6-8-20/h7,9-12,23H,4-6,8,13-19H2,1-3H3,(H,26,31)(H,27,32)/t23-/m1/s1. The molecule has 1 aliphatic heterocycles. The van der Waals surface area contributed by atoms with Crippen molar-refractivity contribution in [3.05, 3.63) is 41.5 Å². The summed E-state index contributed by atoms with van der Waals surface area (Å²) in [6.07, 6.45) is 7.83. The molecule has 176 valence electrons. The molecule has 32 heavy (non-hydrogen) atoms. The molecule has 2 aliphatic rings. The van der Waals surface area contributed by atoms with Crippen LogP contribution in [0.3, 0.4) is 0 Å². The number of amides is 2. The average Bonchev–Trinajstić information content (AvgIpc) is 2.81. The van der Waals surface area contributed by atoms with Crippen molar-refractivity contribution < 1.29 is 9.59 Å². The Labute approximate surface area is 192 Å². The lowest BCUT2D eigenvalue weighted by atomic mass is 9.97. The number of hydrogen-bond donors (Lipinski definition) is 2. The molecular weight excluding hydrogens is 402 g/mol. The zero-order valence-electron chi connectivity index (χ0n) is 19.9. The van der Waals surface area contributed by atoms with Crippen molar-refractivity contribution in [3.63, 3.8) is 0 Å². The van der Waals surface area contributed by atoms with Crippen LogP contribution in [-0.2, 0) is 9.59 Å². The van der Waals surface area contributed by atoms with Crippen LogP contribution in [0.1, 0.15) is 43.7 Å². The molecule has 0 aromatic heterocycles. The Morgan fingerprint density at radius 2 is 1.69 bits per heavy atom. The normalized spacial score (nSPS) is 18.5. The monoisotopic (exact) mass is 441 g/mol. The maximum atomic E-state index is 12.5. The average molecular weight is 442 g/mol. The first-order valence-corrected chi connectivity index (χ1v) is 11.9. The molecule has 0 unspecified atom stereocenters. The highest BCUT2D eigenvalue weighted by atomic mass is 16.2. The van der Waals surface area contributed by atoms with Crippen molar-refractivity contribution >= 4 is 17.5 Å². The summed E-state index contributed by atoms with van der Waals surface area (Å²) in [5.41, 5.74) is 3.70. The zero-order chi connectivity index (χ0) is 22.9. The number of carbonyl (C=O) groups excluding carboxylic acids is 2. The first kappa shape index (κ1) is 24.3. The molecule has 2 amide bonds. The van der Waals surface area contributed by atoms with Crippen LogP contribution in [0.4, 0.5) is 5.69 Å². The Bertz CT molecular complexity index is 782. The predicted octanol–water partition coefficient (Wildman–Crippen LogP) is 2.16. The van der Waals surface area contributed by atoms with Gasteiger partial charge in [0.05, 0.1) is 6.04 Å². The van der Waals surface area contributed by atoms with Crippen molar-refractivity contribution in [3.8, 4) is 0 Å². The van der Waals surface area contributed by atoms with Crippen molar-refractivity contribution in [2.75, 3.05) is 65.3 Å². The van der Waals surface area contributed by atoms with E-state index in [9.17, 15) is 9.59 Å². The lowest BCUT2D eigenvalue weighted by Gasteiger charge is -2.38. The van der Waals surface area contributed by atoms with Gasteiger partial charge < -0.3 is 20.4 Å². The molecule has 2 N–H and O–H groups in total. The van der Waals surface area contributed by atoms with Crippen LogP contribution in [0.15, 0.2) is 35.9 Å². The van der Waals surface area contributed by atoms with Crippen LogP contribution in [0, 0.1) is 0 Å². The Morgan fingerprint density at radius 3 is 2.31 bits per heavy atom. The van der Waals surface area contributed by atoms with E-state index >= 15 is 0 Å². The van der Waals surface area contributed by atoms with Crippen LogP contribution >= 0.6 is 0 Å². The van der Waals surface area contributed by atoms with Gasteiger partial charge in [0.15, 0.2) is 0 Å². The zero-order valence-corrected chi connectivity index (χ0v) is 19.9. The van der Waals surface area contributed by atoms with Gasteiger partial charge in [0.1, 0.15) is 0 Å². The Morgan fingerprint density at radius 1 is 1.00 bits per heavy atom. The first-order chi connectivity index (χ1) is 15.4. The number of allylic oxidation sites excluding steroid dienone is 1. The molecule has 3 rings (SSSR count). The fourth-order valence-corrected chi connectivity index (χ4v) is 4.40. The van der Waals surface area contributed by atoms with Gasteiger partial charge in [-0.3, -0.25) is 14.5 Å². The van der Waals surface area contributed by atoms with Crippen LogP contribution in [0.2, 0.25) is 0 Å². The van der Waals surface area contributed by atoms with Crippen LogP contribution in [0.25, 0.3) is 0 Å². The van der Waals surface area contributed by atoms with Gasteiger partial charge in [-0.05, 0) is 56.8 Å². The minimum atomic E-state index is -0.549. The number of nitrogens with one attached hydrogen (secondary N) is 2. The van der Waals surface area contributed by atoms with E-state index in [2.05, 4.69) is 62.7 Å². The van der Waals surface area contributed by atoms with E-state index in [1.807, 2.05) is 14.1 Å². The molecule has 7 heteroatoms. The Kier molecular flexibility index (Phi) is 9.11. The molecule has 0 radical (unpaired) electrons. The van der Waals surface area contributed by atoms with Crippen molar-refractivity contribution in [2.24, 2.45) is 0 Å². The molecular formula is C25H39N5O2. The lowest BCUT2D eigenvalue weighted by molar-refractivity contribution is -0.139. The van der Waals surface area contributed by atoms with Gasteiger partial charge in [0, 0.05) is 59.1 Å². The number of hydrogen-bond acceptors (Lipinski definition) is 5. The molecule has 1 aliphatic carbocycles. The highest BCUT2D eigenvalue weighted by molar-refractivity contribution is 6.35. The second kappa shape index (κ2) is 12.0. The lowest BCUT2D eigenvalue weighted by Crippen LogP contribution is -2.49. The third kappa shape index (κ3) is 7.07. The maximum Gasteiger partial charge on any atom is 0.309 e. The number of piperazine rings is 1. The number of carbonyl (C=O) groups is 2. The summed E-state index contributed by atoms with van der Waals surface area (Å²) in [5.74, 6) is -1.09. The van der Waals surface area contributed by atoms with Gasteiger partial charge >= 0.3 is 11.8 Å². The van der Waals surface area contributed by atoms with Crippen LogP contribution in [0.5, 0.6) is 0 Å². The topological polar surface area (TPSA) is 67.9 Å². The maximum absolute atomic E-state index is 12.5. The molecule has 1 saturated heterocycles. The van der Waals surface area contributed by atoms with E-state index in [-0.39, 0.29) is 6.04 Å². The van der Waals surface area contributed by atoms with Crippen LogP contribution < -0.4 is 15.5 Å². The Hall–Kier alpha value is -2.38. The molecule has 1 aromatic rings. The molecule has 0 saturated carbocycles. The van der Waals surface area contributed by atoms with Gasteiger partial charge in [-0.2, -0.15) is 0 Å². The third-order valence-electron chi connectivity index (χ3n) is 6.55. The summed E-state index contributed by atoms with van der Waals surface area (Å²) in [6.45, 7) is 4.81.